The number of hydrogen-bond acceptors (Lipinski definition) is 3. The van der Waals surface area contributed by atoms with E-state index >= 15 is 0 Å². The van der Waals surface area contributed by atoms with E-state index in [4.69, 9.17) is 21.4 Å². The second-order valence-corrected chi connectivity index (χ2v) is 3.57. The number of benzene rings is 1. The summed E-state index contributed by atoms with van der Waals surface area (Å²) < 4.78 is 5.53. The first-order valence-corrected chi connectivity index (χ1v) is 5.16. The summed E-state index contributed by atoms with van der Waals surface area (Å²) in [6.07, 6.45) is 1.60. The van der Waals surface area contributed by atoms with Crippen LogP contribution in [0.25, 0.3) is 0 Å². The fourth-order valence-electron chi connectivity index (χ4n) is 1.27. The molecule has 0 saturated heterocycles. The van der Waals surface area contributed by atoms with Gasteiger partial charge in [-0.1, -0.05) is 23.7 Å². The molecular weight excluding hydrogens is 226 g/mol. The highest BCUT2D eigenvalue weighted by atomic mass is 35.5. The number of ether oxygens (including phenoxy) is 1. The first kappa shape index (κ1) is 10.9. The average molecular weight is 236 g/mol. The van der Waals surface area contributed by atoms with Crippen molar-refractivity contribution in [2.75, 3.05) is 0 Å². The summed E-state index contributed by atoms with van der Waals surface area (Å²) in [5.74, 6) is 0.899. The molecule has 0 aliphatic carbocycles. The summed E-state index contributed by atoms with van der Waals surface area (Å²) in [4.78, 5) is 4.05. The van der Waals surface area contributed by atoms with E-state index in [2.05, 4.69) is 4.98 Å². The van der Waals surface area contributed by atoms with E-state index in [1.807, 2.05) is 12.1 Å². The Morgan fingerprint density at radius 2 is 2.00 bits per heavy atom. The molecular formula is C12H10ClNO2. The lowest BCUT2D eigenvalue weighted by Crippen LogP contribution is -1.94. The second kappa shape index (κ2) is 4.96. The Morgan fingerprint density at radius 3 is 2.75 bits per heavy atom. The van der Waals surface area contributed by atoms with Gasteiger partial charge in [-0.25, -0.2) is 4.98 Å². The van der Waals surface area contributed by atoms with Crippen molar-refractivity contribution >= 4 is 11.6 Å². The predicted octanol–water partition coefficient (Wildman–Crippen LogP) is 3.02. The van der Waals surface area contributed by atoms with Crippen LogP contribution in [0.15, 0.2) is 42.6 Å². The fraction of sp³-hybridized carbons (Fsp3) is 0.0833. The van der Waals surface area contributed by atoms with Gasteiger partial charge in [0.15, 0.2) is 0 Å². The highest BCUT2D eigenvalue weighted by Gasteiger charge is 2.06. The molecule has 0 unspecified atom stereocenters. The van der Waals surface area contributed by atoms with Crippen LogP contribution in [-0.2, 0) is 6.61 Å². The first-order chi connectivity index (χ1) is 7.81. The number of nitrogens with zero attached hydrogens (tertiary/aromatic N) is 1. The van der Waals surface area contributed by atoms with Gasteiger partial charge in [0.25, 0.3) is 0 Å². The molecule has 2 aromatic rings. The third kappa shape index (κ3) is 2.32. The molecule has 0 atom stereocenters. The predicted molar refractivity (Wildman–Crippen MR) is 61.7 cm³/mol. The second-order valence-electron chi connectivity index (χ2n) is 3.16. The van der Waals surface area contributed by atoms with Gasteiger partial charge in [-0.2, -0.15) is 0 Å². The number of aliphatic hydroxyl groups is 1. The topological polar surface area (TPSA) is 42.4 Å². The van der Waals surface area contributed by atoms with Crippen LogP contribution in [0.4, 0.5) is 0 Å². The number of hydrogen-bond donors (Lipinski definition) is 1. The van der Waals surface area contributed by atoms with Crippen molar-refractivity contribution in [1.29, 1.82) is 0 Å². The smallest absolute Gasteiger partial charge is 0.224 e. The summed E-state index contributed by atoms with van der Waals surface area (Å²) in [7, 11) is 0. The molecule has 16 heavy (non-hydrogen) atoms. The summed E-state index contributed by atoms with van der Waals surface area (Å²) in [5, 5.41) is 9.62. The van der Waals surface area contributed by atoms with Gasteiger partial charge in [-0.3, -0.25) is 0 Å². The van der Waals surface area contributed by atoms with Crippen LogP contribution in [0.2, 0.25) is 5.02 Å². The van der Waals surface area contributed by atoms with E-state index in [1.165, 1.54) is 0 Å². The fourth-order valence-corrected chi connectivity index (χ4v) is 1.44. The standard InChI is InChI=1S/C12H10ClNO2/c13-10-5-1-2-6-11(10)16-12-9(8-15)4-3-7-14-12/h1-7,15H,8H2. The highest BCUT2D eigenvalue weighted by molar-refractivity contribution is 6.32. The van der Waals surface area contributed by atoms with E-state index in [0.717, 1.165) is 0 Å². The third-order valence-corrected chi connectivity index (χ3v) is 2.38. The molecule has 4 heteroatoms. The van der Waals surface area contributed by atoms with Gasteiger partial charge in [0.1, 0.15) is 5.75 Å². The van der Waals surface area contributed by atoms with Crippen molar-refractivity contribution in [3.63, 3.8) is 0 Å². The molecule has 0 radical (unpaired) electrons. The quantitative estimate of drug-likeness (QED) is 0.889. The lowest BCUT2D eigenvalue weighted by molar-refractivity contribution is 0.275. The van der Waals surface area contributed by atoms with E-state index in [-0.39, 0.29) is 6.61 Å². The maximum absolute atomic E-state index is 9.11. The first-order valence-electron chi connectivity index (χ1n) is 4.78. The Kier molecular flexibility index (Phi) is 3.39. The SMILES string of the molecule is OCc1cccnc1Oc1ccccc1Cl. The van der Waals surface area contributed by atoms with Crippen LogP contribution in [0.1, 0.15) is 5.56 Å². The number of para-hydroxylation sites is 1. The zero-order chi connectivity index (χ0) is 11.4. The maximum atomic E-state index is 9.11. The zero-order valence-electron chi connectivity index (χ0n) is 8.43. The van der Waals surface area contributed by atoms with Crippen LogP contribution < -0.4 is 4.74 Å². The molecule has 0 saturated carbocycles. The van der Waals surface area contributed by atoms with Crippen LogP contribution >= 0.6 is 11.6 Å². The molecule has 2 rings (SSSR count). The van der Waals surface area contributed by atoms with Crippen molar-refractivity contribution < 1.29 is 9.84 Å². The molecule has 1 aromatic heterocycles. The van der Waals surface area contributed by atoms with Gasteiger partial charge in [0.05, 0.1) is 11.6 Å². The maximum Gasteiger partial charge on any atom is 0.224 e. The Hall–Kier alpha value is -1.58. The minimum atomic E-state index is -0.117. The summed E-state index contributed by atoms with van der Waals surface area (Å²) in [6, 6.07) is 10.6. The van der Waals surface area contributed by atoms with Crippen molar-refractivity contribution in [3.05, 3.63) is 53.2 Å². The van der Waals surface area contributed by atoms with Crippen molar-refractivity contribution in [1.82, 2.24) is 4.98 Å². The minimum absolute atomic E-state index is 0.117. The number of pyridine rings is 1. The van der Waals surface area contributed by atoms with Crippen LogP contribution in [0.3, 0.4) is 0 Å². The molecule has 0 bridgehead atoms. The van der Waals surface area contributed by atoms with Gasteiger partial charge in [0.2, 0.25) is 5.88 Å². The molecule has 0 fully saturated rings. The van der Waals surface area contributed by atoms with Crippen LogP contribution in [0, 0.1) is 0 Å². The van der Waals surface area contributed by atoms with Gasteiger partial charge >= 0.3 is 0 Å². The minimum Gasteiger partial charge on any atom is -0.437 e. The molecule has 3 nitrogen and oxygen atoms in total. The van der Waals surface area contributed by atoms with Crippen molar-refractivity contribution in [2.24, 2.45) is 0 Å². The van der Waals surface area contributed by atoms with Gasteiger partial charge in [0, 0.05) is 11.8 Å². The van der Waals surface area contributed by atoms with E-state index in [0.29, 0.717) is 22.2 Å². The molecule has 1 N–H and O–H groups in total. The summed E-state index contributed by atoms with van der Waals surface area (Å²) in [6.45, 7) is -0.117. The average Bonchev–Trinajstić information content (AvgIpc) is 2.33. The van der Waals surface area contributed by atoms with E-state index in [1.54, 1.807) is 30.5 Å². The van der Waals surface area contributed by atoms with E-state index < -0.39 is 0 Å². The lowest BCUT2D eigenvalue weighted by atomic mass is 10.3. The lowest BCUT2D eigenvalue weighted by Gasteiger charge is -2.08. The Morgan fingerprint density at radius 1 is 1.19 bits per heavy atom. The summed E-state index contributed by atoms with van der Waals surface area (Å²) >= 11 is 5.95. The monoisotopic (exact) mass is 235 g/mol. The number of rotatable bonds is 3. The van der Waals surface area contributed by atoms with Crippen molar-refractivity contribution in [3.8, 4) is 11.6 Å². The molecule has 1 heterocycles. The molecule has 0 spiro atoms. The zero-order valence-corrected chi connectivity index (χ0v) is 9.19. The normalized spacial score (nSPS) is 10.1. The molecule has 0 aliphatic heterocycles. The van der Waals surface area contributed by atoms with E-state index in [9.17, 15) is 0 Å². The third-order valence-electron chi connectivity index (χ3n) is 2.06. The van der Waals surface area contributed by atoms with Gasteiger partial charge in [-0.15, -0.1) is 0 Å². The van der Waals surface area contributed by atoms with Crippen molar-refractivity contribution in [2.45, 2.75) is 6.61 Å². The largest absolute Gasteiger partial charge is 0.437 e. The Bertz CT molecular complexity index is 488. The van der Waals surface area contributed by atoms with Gasteiger partial charge in [-0.05, 0) is 24.3 Å². The van der Waals surface area contributed by atoms with Crippen LogP contribution in [-0.4, -0.2) is 10.1 Å². The number of aliphatic hydroxyl groups excluding tert-OH is 1. The Balaban J connectivity index is 2.30. The molecule has 82 valence electrons. The Labute approximate surface area is 98.3 Å². The molecule has 1 aromatic carbocycles. The number of aromatic nitrogens is 1. The molecule has 0 aliphatic rings. The van der Waals surface area contributed by atoms with Gasteiger partial charge < -0.3 is 9.84 Å². The summed E-state index contributed by atoms with van der Waals surface area (Å²) in [5.41, 5.74) is 0.627. The number of halogens is 1. The molecule has 0 amide bonds. The van der Waals surface area contributed by atoms with Crippen LogP contribution in [0.5, 0.6) is 11.6 Å². The highest BCUT2D eigenvalue weighted by Crippen LogP contribution is 2.29.